The predicted octanol–water partition coefficient (Wildman–Crippen LogP) is 3.67. The first kappa shape index (κ1) is 9.80. The number of aliphatic hydroxyl groups excluding tert-OH is 1. The van der Waals surface area contributed by atoms with Gasteiger partial charge in [0.15, 0.2) is 5.76 Å². The molecule has 0 aromatic carbocycles. The summed E-state index contributed by atoms with van der Waals surface area (Å²) >= 11 is 6.69. The van der Waals surface area contributed by atoms with E-state index in [1.807, 2.05) is 41.6 Å². The fourth-order valence-electron chi connectivity index (χ4n) is 1.25. The maximum absolute atomic E-state index is 9.85. The van der Waals surface area contributed by atoms with Crippen molar-refractivity contribution in [3.8, 4) is 0 Å². The third-order valence-corrected chi connectivity index (χ3v) is 2.92. The van der Waals surface area contributed by atoms with Crippen LogP contribution in [0, 0.1) is 0 Å². The topological polar surface area (TPSA) is 23.5 Å². The Bertz CT molecular complexity index is 416. The molecule has 2 nitrogen and oxygen atoms in total. The summed E-state index contributed by atoms with van der Waals surface area (Å²) in [6.07, 6.45) is 11.2. The second-order valence-electron chi connectivity index (χ2n) is 2.85. The standard InChI is InChI=1S/C10H7Br2NO/c11-7-5-8(12)10(14)9-3-1-2-4-13(9)6-7/h1-6,14H. The summed E-state index contributed by atoms with van der Waals surface area (Å²) < 4.78 is 1.56. The summed E-state index contributed by atoms with van der Waals surface area (Å²) in [6, 6.07) is 0. The van der Waals surface area contributed by atoms with Crippen LogP contribution in [0.2, 0.25) is 0 Å². The third-order valence-electron chi connectivity index (χ3n) is 1.89. The molecule has 0 bridgehead atoms. The highest BCUT2D eigenvalue weighted by Gasteiger charge is 2.16. The number of hydrogen-bond acceptors (Lipinski definition) is 2. The molecule has 14 heavy (non-hydrogen) atoms. The molecular formula is C10H7Br2NO. The highest BCUT2D eigenvalue weighted by atomic mass is 79.9. The minimum absolute atomic E-state index is 0.233. The molecule has 0 aromatic rings. The third kappa shape index (κ3) is 1.72. The Kier molecular flexibility index (Phi) is 2.65. The van der Waals surface area contributed by atoms with Crippen LogP contribution in [0.3, 0.4) is 0 Å². The Labute approximate surface area is 98.9 Å². The molecule has 0 saturated carbocycles. The van der Waals surface area contributed by atoms with Crippen molar-refractivity contribution in [2.45, 2.75) is 0 Å². The van der Waals surface area contributed by atoms with Gasteiger partial charge in [-0.05, 0) is 50.1 Å². The molecule has 0 amide bonds. The Hall–Kier alpha value is -0.740. The molecule has 2 heterocycles. The molecule has 0 aliphatic carbocycles. The molecule has 1 N–H and O–H groups in total. The van der Waals surface area contributed by atoms with Gasteiger partial charge in [0.25, 0.3) is 0 Å². The van der Waals surface area contributed by atoms with Crippen molar-refractivity contribution in [1.82, 2.24) is 4.90 Å². The number of fused-ring (bicyclic) bond motifs is 1. The van der Waals surface area contributed by atoms with E-state index >= 15 is 0 Å². The van der Waals surface area contributed by atoms with Gasteiger partial charge < -0.3 is 10.0 Å². The van der Waals surface area contributed by atoms with Gasteiger partial charge in [0.1, 0.15) is 0 Å². The van der Waals surface area contributed by atoms with E-state index in [0.29, 0.717) is 4.48 Å². The van der Waals surface area contributed by atoms with Gasteiger partial charge in [0.05, 0.1) is 10.2 Å². The molecule has 72 valence electrons. The van der Waals surface area contributed by atoms with Crippen LogP contribution in [0.5, 0.6) is 0 Å². The van der Waals surface area contributed by atoms with E-state index in [0.717, 1.165) is 10.2 Å². The van der Waals surface area contributed by atoms with Crippen LogP contribution in [0.1, 0.15) is 0 Å². The van der Waals surface area contributed by atoms with Crippen LogP contribution in [0.25, 0.3) is 0 Å². The van der Waals surface area contributed by atoms with Crippen LogP contribution < -0.4 is 0 Å². The first-order chi connectivity index (χ1) is 6.68. The summed E-state index contributed by atoms with van der Waals surface area (Å²) in [6.45, 7) is 0. The SMILES string of the molecule is OC1=C2C=CC=CN2C=C(Br)C=C1Br. The van der Waals surface area contributed by atoms with E-state index in [9.17, 15) is 5.11 Å². The average molecular weight is 317 g/mol. The van der Waals surface area contributed by atoms with Crippen molar-refractivity contribution in [2.24, 2.45) is 0 Å². The lowest BCUT2D eigenvalue weighted by Crippen LogP contribution is -2.11. The van der Waals surface area contributed by atoms with Gasteiger partial charge >= 0.3 is 0 Å². The zero-order chi connectivity index (χ0) is 10.1. The van der Waals surface area contributed by atoms with Gasteiger partial charge in [-0.2, -0.15) is 0 Å². The summed E-state index contributed by atoms with van der Waals surface area (Å²) in [4.78, 5) is 1.85. The summed E-state index contributed by atoms with van der Waals surface area (Å²) in [7, 11) is 0. The van der Waals surface area contributed by atoms with E-state index in [4.69, 9.17) is 0 Å². The number of halogens is 2. The molecule has 0 radical (unpaired) electrons. The van der Waals surface area contributed by atoms with E-state index in [1.54, 1.807) is 0 Å². The minimum Gasteiger partial charge on any atom is -0.505 e. The van der Waals surface area contributed by atoms with Gasteiger partial charge in [0.2, 0.25) is 0 Å². The Morgan fingerprint density at radius 2 is 2.00 bits per heavy atom. The first-order valence-corrected chi connectivity index (χ1v) is 5.58. The van der Waals surface area contributed by atoms with Gasteiger partial charge in [-0.15, -0.1) is 0 Å². The van der Waals surface area contributed by atoms with Gasteiger partial charge in [-0.1, -0.05) is 6.08 Å². The van der Waals surface area contributed by atoms with Gasteiger partial charge in [-0.25, -0.2) is 0 Å². The maximum Gasteiger partial charge on any atom is 0.153 e. The molecule has 0 atom stereocenters. The largest absolute Gasteiger partial charge is 0.505 e. The van der Waals surface area contributed by atoms with Crippen LogP contribution in [0.4, 0.5) is 0 Å². The van der Waals surface area contributed by atoms with E-state index in [-0.39, 0.29) is 5.76 Å². The van der Waals surface area contributed by atoms with Crippen LogP contribution >= 0.6 is 31.9 Å². The number of allylic oxidation sites excluding steroid dienone is 6. The molecule has 2 aliphatic heterocycles. The smallest absolute Gasteiger partial charge is 0.153 e. The molecule has 0 aromatic heterocycles. The maximum atomic E-state index is 9.85. The van der Waals surface area contributed by atoms with E-state index in [2.05, 4.69) is 31.9 Å². The molecule has 2 rings (SSSR count). The minimum atomic E-state index is 0.233. The highest BCUT2D eigenvalue weighted by Crippen LogP contribution is 2.30. The fourth-order valence-corrected chi connectivity index (χ4v) is 2.46. The lowest BCUT2D eigenvalue weighted by molar-refractivity contribution is 0.408. The van der Waals surface area contributed by atoms with Gasteiger partial charge in [0, 0.05) is 16.9 Å². The zero-order valence-corrected chi connectivity index (χ0v) is 10.3. The van der Waals surface area contributed by atoms with Crippen LogP contribution in [-0.2, 0) is 0 Å². The van der Waals surface area contributed by atoms with Gasteiger partial charge in [-0.3, -0.25) is 0 Å². The Morgan fingerprint density at radius 3 is 2.79 bits per heavy atom. The predicted molar refractivity (Wildman–Crippen MR) is 63.8 cm³/mol. The second-order valence-corrected chi connectivity index (χ2v) is 4.62. The Balaban J connectivity index is 2.56. The summed E-state index contributed by atoms with van der Waals surface area (Å²) in [5.74, 6) is 0.233. The number of rotatable bonds is 0. The molecule has 0 fully saturated rings. The van der Waals surface area contributed by atoms with Crippen molar-refractivity contribution in [1.29, 1.82) is 0 Å². The molecule has 0 spiro atoms. The fraction of sp³-hybridized carbons (Fsp3) is 0. The van der Waals surface area contributed by atoms with Crippen molar-refractivity contribution in [3.63, 3.8) is 0 Å². The highest BCUT2D eigenvalue weighted by molar-refractivity contribution is 9.12. The summed E-state index contributed by atoms with van der Waals surface area (Å²) in [5.41, 5.74) is 0.755. The average Bonchev–Trinajstić information content (AvgIpc) is 2.26. The molecule has 0 saturated heterocycles. The second kappa shape index (κ2) is 3.79. The van der Waals surface area contributed by atoms with Crippen molar-refractivity contribution >= 4 is 31.9 Å². The quantitative estimate of drug-likeness (QED) is 0.737. The molecular weight excluding hydrogens is 310 g/mol. The zero-order valence-electron chi connectivity index (χ0n) is 7.11. The monoisotopic (exact) mass is 315 g/mol. The first-order valence-electron chi connectivity index (χ1n) is 4.00. The Morgan fingerprint density at radius 1 is 1.21 bits per heavy atom. The van der Waals surface area contributed by atoms with Crippen molar-refractivity contribution < 1.29 is 5.11 Å². The van der Waals surface area contributed by atoms with E-state index in [1.165, 1.54) is 0 Å². The van der Waals surface area contributed by atoms with Crippen LogP contribution in [-0.4, -0.2) is 10.0 Å². The van der Waals surface area contributed by atoms with Crippen LogP contribution in [0.15, 0.2) is 57.1 Å². The van der Waals surface area contributed by atoms with Crippen molar-refractivity contribution in [3.05, 3.63) is 57.1 Å². The lowest BCUT2D eigenvalue weighted by Gasteiger charge is -2.19. The normalized spacial score (nSPS) is 20.3. The molecule has 4 heteroatoms. The number of hydrogen-bond donors (Lipinski definition) is 1. The number of nitrogens with zero attached hydrogens (tertiary/aromatic N) is 1. The summed E-state index contributed by atoms with van der Waals surface area (Å²) in [5, 5.41) is 9.85. The van der Waals surface area contributed by atoms with Crippen molar-refractivity contribution in [2.75, 3.05) is 0 Å². The molecule has 2 aliphatic rings. The van der Waals surface area contributed by atoms with E-state index < -0.39 is 0 Å². The lowest BCUT2D eigenvalue weighted by atomic mass is 10.2. The molecule has 0 unspecified atom stereocenters. The number of aliphatic hydroxyl groups is 1.